The van der Waals surface area contributed by atoms with E-state index in [0.717, 1.165) is 21.5 Å². The van der Waals surface area contributed by atoms with E-state index < -0.39 is 18.1 Å². The summed E-state index contributed by atoms with van der Waals surface area (Å²) in [5.41, 5.74) is 3.26. The molecule has 7 aromatic carbocycles. The van der Waals surface area contributed by atoms with E-state index in [1.165, 1.54) is 12.1 Å². The van der Waals surface area contributed by atoms with Crippen LogP contribution < -0.4 is 0 Å². The van der Waals surface area contributed by atoms with E-state index in [0.29, 0.717) is 27.9 Å². The molecule has 45 heavy (non-hydrogen) atoms. The molecule has 0 atom stereocenters. The highest BCUT2D eigenvalue weighted by Gasteiger charge is 2.18. The van der Waals surface area contributed by atoms with Gasteiger partial charge in [0.2, 0.25) is 0 Å². The van der Waals surface area contributed by atoms with Gasteiger partial charge in [-0.15, -0.1) is 0 Å². The Bertz CT molecular complexity index is 3100. The van der Waals surface area contributed by atoms with Crippen LogP contribution in [0.25, 0.3) is 88.8 Å². The van der Waals surface area contributed by atoms with Crippen LogP contribution >= 0.6 is 0 Å². The highest BCUT2D eigenvalue weighted by atomic mass is 16.3. The minimum absolute atomic E-state index is 0.0720. The lowest BCUT2D eigenvalue weighted by molar-refractivity contribution is 0.669. The highest BCUT2D eigenvalue weighted by Crippen LogP contribution is 2.37. The van der Waals surface area contributed by atoms with Crippen molar-refractivity contribution in [2.45, 2.75) is 0 Å². The minimum Gasteiger partial charge on any atom is -0.456 e. The van der Waals surface area contributed by atoms with Gasteiger partial charge in [0.05, 0.1) is 13.7 Å². The second kappa shape index (κ2) is 10.2. The van der Waals surface area contributed by atoms with Crippen LogP contribution in [0.5, 0.6) is 0 Å². The van der Waals surface area contributed by atoms with Crippen molar-refractivity contribution in [3.05, 3.63) is 151 Å². The monoisotopic (exact) mass is 585 g/mol. The molecule has 0 saturated heterocycles. The van der Waals surface area contributed by atoms with Crippen LogP contribution in [0, 0.1) is 0 Å². The molecule has 0 bridgehead atoms. The van der Waals surface area contributed by atoms with Crippen molar-refractivity contribution in [2.24, 2.45) is 0 Å². The van der Waals surface area contributed by atoms with E-state index >= 15 is 0 Å². The van der Waals surface area contributed by atoms with Crippen LogP contribution in [0.15, 0.2) is 156 Å². The van der Waals surface area contributed by atoms with Gasteiger partial charge in [0, 0.05) is 27.5 Å². The summed E-state index contributed by atoms with van der Waals surface area (Å²) < 4.78 is 90.0. The van der Waals surface area contributed by atoms with E-state index in [2.05, 4.69) is 0 Å². The molecule has 2 aromatic heterocycles. The number of benzene rings is 7. The molecular weight excluding hydrogens is 550 g/mol. The largest absolute Gasteiger partial charge is 0.456 e. The third-order valence-electron chi connectivity index (χ3n) is 7.80. The van der Waals surface area contributed by atoms with Gasteiger partial charge in [0.15, 0.2) is 17.5 Å². The maximum atomic E-state index is 9.01. The lowest BCUT2D eigenvalue weighted by Crippen LogP contribution is -2.00. The molecule has 9 rings (SSSR count). The number of rotatable bonds is 4. The van der Waals surface area contributed by atoms with Gasteiger partial charge >= 0.3 is 0 Å². The maximum absolute atomic E-state index is 9.01. The molecule has 0 amide bonds. The van der Waals surface area contributed by atoms with Gasteiger partial charge in [-0.05, 0) is 63.0 Å². The minimum atomic E-state index is -0.457. The lowest BCUT2D eigenvalue weighted by Gasteiger charge is -2.11. The standard InChI is InChI=1S/C41H25N3O/c1-2-9-26(10-3-1)29-18-19-31-25-33(22-20-30(31)23-29)40-42-39(32-21-17-27-11-4-5-12-28(27)24-32)43-41(44-40)35-14-8-16-37-38(35)34-13-6-7-15-36(34)45-37/h1-25H/i1D,2D,3D,4D,5D,9D,10D,12D,17D,21D. The van der Waals surface area contributed by atoms with Gasteiger partial charge in [0.25, 0.3) is 0 Å². The molecule has 0 aliphatic rings. The van der Waals surface area contributed by atoms with E-state index in [9.17, 15) is 0 Å². The molecule has 4 nitrogen and oxygen atoms in total. The van der Waals surface area contributed by atoms with Crippen LogP contribution in [0.4, 0.5) is 0 Å². The Kier molecular flexibility index (Phi) is 3.93. The quantitative estimate of drug-likeness (QED) is 0.206. The Balaban J connectivity index is 1.27. The van der Waals surface area contributed by atoms with Gasteiger partial charge in [-0.25, -0.2) is 15.0 Å². The zero-order valence-electron chi connectivity index (χ0n) is 33.4. The fourth-order valence-electron chi connectivity index (χ4n) is 5.65. The fraction of sp³-hybridized carbons (Fsp3) is 0. The summed E-state index contributed by atoms with van der Waals surface area (Å²) in [7, 11) is 0. The number of fused-ring (bicyclic) bond motifs is 5. The summed E-state index contributed by atoms with van der Waals surface area (Å²) in [5, 5.41) is 3.56. The molecule has 2 heterocycles. The van der Waals surface area contributed by atoms with Gasteiger partial charge < -0.3 is 4.42 Å². The predicted octanol–water partition coefficient (Wildman–Crippen LogP) is 10.7. The molecule has 0 N–H and O–H groups in total. The highest BCUT2D eigenvalue weighted by molar-refractivity contribution is 6.11. The van der Waals surface area contributed by atoms with Gasteiger partial charge in [-0.2, -0.15) is 0 Å². The lowest BCUT2D eigenvalue weighted by atomic mass is 10.00. The van der Waals surface area contributed by atoms with Gasteiger partial charge in [0.1, 0.15) is 11.2 Å². The molecule has 4 heteroatoms. The van der Waals surface area contributed by atoms with E-state index in [-0.39, 0.29) is 81.7 Å². The molecule has 0 radical (unpaired) electrons. The van der Waals surface area contributed by atoms with E-state index in [4.69, 9.17) is 33.1 Å². The second-order valence-corrected chi connectivity index (χ2v) is 10.5. The number of aromatic nitrogens is 3. The van der Waals surface area contributed by atoms with Crippen molar-refractivity contribution < 1.29 is 18.1 Å². The number of para-hydroxylation sites is 1. The normalized spacial score (nSPS) is 14.7. The average Bonchev–Trinajstić information content (AvgIpc) is 3.59. The molecule has 9 aromatic rings. The Hall–Kier alpha value is -6.13. The number of nitrogens with zero attached hydrogens (tertiary/aromatic N) is 3. The number of hydrogen-bond acceptors (Lipinski definition) is 4. The van der Waals surface area contributed by atoms with Crippen LogP contribution in [0.1, 0.15) is 13.7 Å². The average molecular weight is 586 g/mol. The van der Waals surface area contributed by atoms with Gasteiger partial charge in [-0.1, -0.05) is 121 Å². The Labute approximate surface area is 273 Å². The molecule has 210 valence electrons. The van der Waals surface area contributed by atoms with Crippen LogP contribution in [-0.2, 0) is 0 Å². The van der Waals surface area contributed by atoms with Crippen LogP contribution in [0.2, 0.25) is 0 Å². The number of furan rings is 1. The summed E-state index contributed by atoms with van der Waals surface area (Å²) in [6, 6.07) is 23.7. The van der Waals surface area contributed by atoms with E-state index in [1.807, 2.05) is 54.6 Å². The van der Waals surface area contributed by atoms with Crippen molar-refractivity contribution in [2.75, 3.05) is 0 Å². The third kappa shape index (κ3) is 4.43. The summed E-state index contributed by atoms with van der Waals surface area (Å²) >= 11 is 0. The Morgan fingerprint density at radius 2 is 1.16 bits per heavy atom. The molecular formula is C41H25N3O. The molecule has 0 unspecified atom stereocenters. The topological polar surface area (TPSA) is 51.8 Å². The molecule has 0 saturated carbocycles. The van der Waals surface area contributed by atoms with Crippen LogP contribution in [-0.4, -0.2) is 15.0 Å². The first kappa shape index (κ1) is 17.2. The van der Waals surface area contributed by atoms with Crippen molar-refractivity contribution in [1.82, 2.24) is 15.0 Å². The molecule has 0 fully saturated rings. The SMILES string of the molecule is [2H]c1cc2c([2H])c([2H])c(-c3nc(-c4ccc5cc(-c6c([2H])c([2H])c([2H])c([2H])c6[2H])ccc5c4)nc(-c4cccc5oc6ccccc6c45)n3)cc2c([2H])c1[2H]. The smallest absolute Gasteiger partial charge is 0.164 e. The first-order valence-electron chi connectivity index (χ1n) is 19.2. The zero-order chi connectivity index (χ0) is 38.4. The second-order valence-electron chi connectivity index (χ2n) is 10.5. The van der Waals surface area contributed by atoms with Crippen molar-refractivity contribution in [1.29, 1.82) is 0 Å². The summed E-state index contributed by atoms with van der Waals surface area (Å²) in [6.07, 6.45) is 0. The zero-order valence-corrected chi connectivity index (χ0v) is 23.4. The third-order valence-corrected chi connectivity index (χ3v) is 7.80. The van der Waals surface area contributed by atoms with Crippen molar-refractivity contribution >= 4 is 43.5 Å². The Morgan fingerprint density at radius 3 is 2.04 bits per heavy atom. The summed E-state index contributed by atoms with van der Waals surface area (Å²) in [4.78, 5) is 14.6. The molecule has 0 spiro atoms. The van der Waals surface area contributed by atoms with Crippen LogP contribution in [0.3, 0.4) is 0 Å². The maximum Gasteiger partial charge on any atom is 0.164 e. The van der Waals surface area contributed by atoms with Gasteiger partial charge in [-0.3, -0.25) is 0 Å². The summed E-state index contributed by atoms with van der Waals surface area (Å²) in [5.74, 6) is 0.595. The first-order valence-corrected chi connectivity index (χ1v) is 14.2. The predicted molar refractivity (Wildman–Crippen MR) is 184 cm³/mol. The summed E-state index contributed by atoms with van der Waals surface area (Å²) in [6.45, 7) is 0. The fourth-order valence-corrected chi connectivity index (χ4v) is 5.65. The molecule has 0 aliphatic heterocycles. The number of hydrogen-bond donors (Lipinski definition) is 0. The van der Waals surface area contributed by atoms with Crippen molar-refractivity contribution in [3.63, 3.8) is 0 Å². The van der Waals surface area contributed by atoms with Crippen molar-refractivity contribution in [3.8, 4) is 45.3 Å². The molecule has 0 aliphatic carbocycles. The first-order chi connectivity index (χ1) is 26.4. The Morgan fingerprint density at radius 1 is 0.444 bits per heavy atom. The van der Waals surface area contributed by atoms with E-state index in [1.54, 1.807) is 24.3 Å².